The Hall–Kier alpha value is -2.71. The minimum Gasteiger partial charge on any atom is -0.482 e. The lowest BCUT2D eigenvalue weighted by atomic mass is 10.2. The molecule has 0 fully saturated rings. The van der Waals surface area contributed by atoms with Crippen LogP contribution < -0.4 is 15.0 Å². The molecule has 0 heterocycles. The molecule has 2 aromatic carbocycles. The zero-order chi connectivity index (χ0) is 17.5. The first-order chi connectivity index (χ1) is 11.5. The Labute approximate surface area is 146 Å². The average Bonchev–Trinajstić information content (AvgIpc) is 2.59. The zero-order valence-corrected chi connectivity index (χ0v) is 14.3. The third-order valence-corrected chi connectivity index (χ3v) is 3.66. The van der Waals surface area contributed by atoms with Crippen molar-refractivity contribution in [2.45, 2.75) is 6.54 Å². The van der Waals surface area contributed by atoms with Crippen LogP contribution in [0.1, 0.15) is 11.1 Å². The number of nitriles is 1. The number of nitrogens with one attached hydrogen (secondary N) is 1. The minimum atomic E-state index is -0.243. The summed E-state index contributed by atoms with van der Waals surface area (Å²) in [5, 5.41) is 11.9. The topological polar surface area (TPSA) is 65.4 Å². The maximum atomic E-state index is 11.9. The first kappa shape index (κ1) is 17.6. The number of benzene rings is 2. The van der Waals surface area contributed by atoms with Gasteiger partial charge in [-0.15, -0.1) is 0 Å². The number of nitrogens with zero attached hydrogens (tertiary/aromatic N) is 2. The fraction of sp³-hybridized carbons (Fsp3) is 0.222. The Morgan fingerprint density at radius 1 is 1.25 bits per heavy atom. The van der Waals surface area contributed by atoms with Gasteiger partial charge in [-0.3, -0.25) is 4.79 Å². The van der Waals surface area contributed by atoms with Gasteiger partial charge in [0, 0.05) is 26.3 Å². The molecule has 0 bridgehead atoms. The Morgan fingerprint density at radius 3 is 2.54 bits per heavy atom. The van der Waals surface area contributed by atoms with Gasteiger partial charge in [-0.2, -0.15) is 5.26 Å². The number of anilines is 1. The summed E-state index contributed by atoms with van der Waals surface area (Å²) in [5.41, 5.74) is 2.55. The predicted molar refractivity (Wildman–Crippen MR) is 94.3 cm³/mol. The number of carbonyl (C=O) groups is 1. The van der Waals surface area contributed by atoms with E-state index in [0.717, 1.165) is 11.3 Å². The number of rotatable bonds is 6. The highest BCUT2D eigenvalue weighted by Crippen LogP contribution is 2.25. The van der Waals surface area contributed by atoms with E-state index in [1.165, 1.54) is 6.07 Å². The van der Waals surface area contributed by atoms with Gasteiger partial charge in [0.1, 0.15) is 5.75 Å². The number of hydrogen-bond donors (Lipinski definition) is 1. The molecule has 0 unspecified atom stereocenters. The molecular formula is C18H18ClN3O2. The van der Waals surface area contributed by atoms with Gasteiger partial charge >= 0.3 is 0 Å². The van der Waals surface area contributed by atoms with Gasteiger partial charge in [0.05, 0.1) is 16.7 Å². The summed E-state index contributed by atoms with van der Waals surface area (Å²) in [7, 11) is 3.95. The summed E-state index contributed by atoms with van der Waals surface area (Å²) in [6.07, 6.45) is 0. The number of halogens is 1. The van der Waals surface area contributed by atoms with Crippen LogP contribution in [-0.2, 0) is 11.3 Å². The van der Waals surface area contributed by atoms with E-state index < -0.39 is 0 Å². The van der Waals surface area contributed by atoms with Crippen LogP contribution in [0.25, 0.3) is 0 Å². The quantitative estimate of drug-likeness (QED) is 0.875. The molecule has 0 atom stereocenters. The molecule has 6 heteroatoms. The van der Waals surface area contributed by atoms with Gasteiger partial charge in [0.2, 0.25) is 0 Å². The van der Waals surface area contributed by atoms with Crippen LogP contribution in [0.2, 0.25) is 5.02 Å². The van der Waals surface area contributed by atoms with Crippen LogP contribution in [0.5, 0.6) is 5.75 Å². The summed E-state index contributed by atoms with van der Waals surface area (Å²) in [5.74, 6) is 0.133. The third-order valence-electron chi connectivity index (χ3n) is 3.36. The largest absolute Gasteiger partial charge is 0.482 e. The minimum absolute atomic E-state index is 0.137. The van der Waals surface area contributed by atoms with Crippen molar-refractivity contribution in [3.8, 4) is 11.8 Å². The Balaban J connectivity index is 1.82. The van der Waals surface area contributed by atoms with E-state index in [2.05, 4.69) is 5.32 Å². The van der Waals surface area contributed by atoms with E-state index in [1.54, 1.807) is 12.1 Å². The van der Waals surface area contributed by atoms with Crippen LogP contribution in [-0.4, -0.2) is 26.6 Å². The van der Waals surface area contributed by atoms with Crippen molar-refractivity contribution in [2.75, 3.05) is 25.6 Å². The van der Waals surface area contributed by atoms with Crippen molar-refractivity contribution in [3.05, 3.63) is 58.6 Å². The SMILES string of the molecule is CN(C)c1ccc(CNC(=O)COc2ccc(C#N)cc2Cl)cc1. The van der Waals surface area contributed by atoms with E-state index in [9.17, 15) is 4.79 Å². The highest BCUT2D eigenvalue weighted by atomic mass is 35.5. The molecule has 124 valence electrons. The highest BCUT2D eigenvalue weighted by Gasteiger charge is 2.07. The van der Waals surface area contributed by atoms with Crippen LogP contribution in [0.15, 0.2) is 42.5 Å². The monoisotopic (exact) mass is 343 g/mol. The molecule has 1 amide bonds. The summed E-state index contributed by atoms with van der Waals surface area (Å²) in [4.78, 5) is 13.9. The van der Waals surface area contributed by atoms with Crippen molar-refractivity contribution in [3.63, 3.8) is 0 Å². The smallest absolute Gasteiger partial charge is 0.258 e. The third kappa shape index (κ3) is 4.90. The first-order valence-corrected chi connectivity index (χ1v) is 7.73. The second-order valence-electron chi connectivity index (χ2n) is 5.38. The average molecular weight is 344 g/mol. The molecule has 0 aliphatic rings. The van der Waals surface area contributed by atoms with E-state index in [1.807, 2.05) is 49.3 Å². The molecule has 0 saturated carbocycles. The summed E-state index contributed by atoms with van der Waals surface area (Å²) in [6.45, 7) is 0.290. The molecule has 2 rings (SSSR count). The summed E-state index contributed by atoms with van der Waals surface area (Å²) >= 11 is 5.99. The van der Waals surface area contributed by atoms with Gasteiger partial charge in [0.25, 0.3) is 5.91 Å². The normalized spacial score (nSPS) is 9.92. The first-order valence-electron chi connectivity index (χ1n) is 7.35. The van der Waals surface area contributed by atoms with Crippen LogP contribution in [0.3, 0.4) is 0 Å². The standard InChI is InChI=1S/C18H18ClN3O2/c1-22(2)15-6-3-13(4-7-15)11-21-18(23)12-24-17-8-5-14(10-20)9-16(17)19/h3-9H,11-12H2,1-2H3,(H,21,23). The summed E-state index contributed by atoms with van der Waals surface area (Å²) in [6, 6.07) is 14.6. The zero-order valence-electron chi connectivity index (χ0n) is 13.5. The second-order valence-corrected chi connectivity index (χ2v) is 5.79. The van der Waals surface area contributed by atoms with Crippen molar-refractivity contribution in [2.24, 2.45) is 0 Å². The van der Waals surface area contributed by atoms with Crippen LogP contribution in [0, 0.1) is 11.3 Å². The van der Waals surface area contributed by atoms with Crippen LogP contribution >= 0.6 is 11.6 Å². The van der Waals surface area contributed by atoms with Crippen molar-refractivity contribution < 1.29 is 9.53 Å². The van der Waals surface area contributed by atoms with Crippen LogP contribution in [0.4, 0.5) is 5.69 Å². The van der Waals surface area contributed by atoms with E-state index in [0.29, 0.717) is 22.9 Å². The van der Waals surface area contributed by atoms with Crippen molar-refractivity contribution in [1.82, 2.24) is 5.32 Å². The summed E-state index contributed by atoms with van der Waals surface area (Å²) < 4.78 is 5.38. The lowest BCUT2D eigenvalue weighted by molar-refractivity contribution is -0.123. The Bertz CT molecular complexity index is 752. The van der Waals surface area contributed by atoms with Gasteiger partial charge < -0.3 is 15.0 Å². The lowest BCUT2D eigenvalue weighted by Crippen LogP contribution is -2.28. The number of ether oxygens (including phenoxy) is 1. The van der Waals surface area contributed by atoms with Crippen molar-refractivity contribution in [1.29, 1.82) is 5.26 Å². The number of carbonyl (C=O) groups excluding carboxylic acids is 1. The molecule has 0 radical (unpaired) electrons. The highest BCUT2D eigenvalue weighted by molar-refractivity contribution is 6.32. The van der Waals surface area contributed by atoms with E-state index in [4.69, 9.17) is 21.6 Å². The van der Waals surface area contributed by atoms with E-state index in [-0.39, 0.29) is 12.5 Å². The van der Waals surface area contributed by atoms with Gasteiger partial charge in [-0.25, -0.2) is 0 Å². The van der Waals surface area contributed by atoms with Crippen molar-refractivity contribution >= 4 is 23.2 Å². The maximum absolute atomic E-state index is 11.9. The Kier molecular flexibility index (Phi) is 6.05. The molecule has 0 saturated heterocycles. The molecule has 0 aliphatic heterocycles. The Morgan fingerprint density at radius 2 is 1.96 bits per heavy atom. The fourth-order valence-corrected chi connectivity index (χ4v) is 2.23. The number of amides is 1. The van der Waals surface area contributed by atoms with Gasteiger partial charge in [-0.1, -0.05) is 23.7 Å². The van der Waals surface area contributed by atoms with E-state index >= 15 is 0 Å². The molecule has 2 aromatic rings. The lowest BCUT2D eigenvalue weighted by Gasteiger charge is -2.13. The van der Waals surface area contributed by atoms with Gasteiger partial charge in [0.15, 0.2) is 6.61 Å². The molecule has 24 heavy (non-hydrogen) atoms. The molecular weight excluding hydrogens is 326 g/mol. The molecule has 0 aromatic heterocycles. The molecule has 0 aliphatic carbocycles. The molecule has 1 N–H and O–H groups in total. The second kappa shape index (κ2) is 8.23. The molecule has 0 spiro atoms. The number of hydrogen-bond acceptors (Lipinski definition) is 4. The predicted octanol–water partition coefficient (Wildman–Crippen LogP) is 2.97. The van der Waals surface area contributed by atoms with Gasteiger partial charge in [-0.05, 0) is 35.9 Å². The maximum Gasteiger partial charge on any atom is 0.258 e. The molecule has 5 nitrogen and oxygen atoms in total. The fourth-order valence-electron chi connectivity index (χ4n) is 1.99.